The summed E-state index contributed by atoms with van der Waals surface area (Å²) in [5.74, 6) is -2.56. The van der Waals surface area contributed by atoms with E-state index in [0.717, 1.165) is 6.42 Å². The molecule has 7 heteroatoms. The molecule has 2 heterocycles. The first-order valence-electron chi connectivity index (χ1n) is 7.80. The van der Waals surface area contributed by atoms with Gasteiger partial charge in [0.05, 0.1) is 0 Å². The Balaban J connectivity index is 1.72. The lowest BCUT2D eigenvalue weighted by Crippen LogP contribution is -2.46. The van der Waals surface area contributed by atoms with E-state index in [9.17, 15) is 14.4 Å². The molecule has 0 spiro atoms. The van der Waals surface area contributed by atoms with Gasteiger partial charge in [0.2, 0.25) is 11.8 Å². The topological polar surface area (TPSA) is 86.7 Å². The van der Waals surface area contributed by atoms with Crippen molar-refractivity contribution in [3.8, 4) is 0 Å². The number of rotatable bonds is 6. The van der Waals surface area contributed by atoms with Gasteiger partial charge in [-0.25, -0.2) is 0 Å². The maximum absolute atomic E-state index is 12.1. The summed E-state index contributed by atoms with van der Waals surface area (Å²) < 4.78 is 0. The molecule has 2 N–H and O–H groups in total. The minimum absolute atomic E-state index is 0.0277. The number of aliphatic carboxylic acids is 1. The molecule has 0 aliphatic carbocycles. The SMILES string of the molecule is CC(C(=O)O)C(=O)N1CCC(C(=O)NCCc2cccs2)CC1. The van der Waals surface area contributed by atoms with E-state index < -0.39 is 11.9 Å². The number of carboxylic acids is 1. The zero-order valence-corrected chi connectivity index (χ0v) is 14.0. The monoisotopic (exact) mass is 338 g/mol. The fraction of sp³-hybridized carbons (Fsp3) is 0.562. The van der Waals surface area contributed by atoms with Crippen molar-refractivity contribution < 1.29 is 19.5 Å². The summed E-state index contributed by atoms with van der Waals surface area (Å²) in [7, 11) is 0. The van der Waals surface area contributed by atoms with Gasteiger partial charge in [-0.1, -0.05) is 6.07 Å². The van der Waals surface area contributed by atoms with Gasteiger partial charge in [0.1, 0.15) is 5.92 Å². The van der Waals surface area contributed by atoms with Crippen LogP contribution in [0.15, 0.2) is 17.5 Å². The highest BCUT2D eigenvalue weighted by Gasteiger charge is 2.31. The maximum Gasteiger partial charge on any atom is 0.315 e. The van der Waals surface area contributed by atoms with Gasteiger partial charge in [-0.05, 0) is 37.6 Å². The second-order valence-corrected chi connectivity index (χ2v) is 6.81. The molecule has 1 atom stereocenters. The molecule has 1 aliphatic rings. The number of carboxylic acid groups (broad SMARTS) is 1. The minimum atomic E-state index is -1.11. The van der Waals surface area contributed by atoms with Gasteiger partial charge in [0.15, 0.2) is 0 Å². The molecular weight excluding hydrogens is 316 g/mol. The van der Waals surface area contributed by atoms with Crippen LogP contribution in [-0.2, 0) is 20.8 Å². The number of carbonyl (C=O) groups excluding carboxylic acids is 2. The lowest BCUT2D eigenvalue weighted by molar-refractivity contribution is -0.151. The summed E-state index contributed by atoms with van der Waals surface area (Å²) in [5, 5.41) is 13.8. The third kappa shape index (κ3) is 4.79. The second kappa shape index (κ2) is 8.10. The van der Waals surface area contributed by atoms with Crippen molar-refractivity contribution in [2.75, 3.05) is 19.6 Å². The number of likely N-dealkylation sites (tertiary alicyclic amines) is 1. The molecule has 6 nitrogen and oxygen atoms in total. The van der Waals surface area contributed by atoms with Gasteiger partial charge in [-0.3, -0.25) is 14.4 Å². The largest absolute Gasteiger partial charge is 0.481 e. The third-order valence-electron chi connectivity index (χ3n) is 4.17. The van der Waals surface area contributed by atoms with E-state index >= 15 is 0 Å². The predicted octanol–water partition coefficient (Wildman–Crippen LogP) is 1.37. The van der Waals surface area contributed by atoms with E-state index in [2.05, 4.69) is 5.32 Å². The van der Waals surface area contributed by atoms with Crippen LogP contribution < -0.4 is 5.32 Å². The molecule has 1 saturated heterocycles. The van der Waals surface area contributed by atoms with Gasteiger partial charge in [-0.2, -0.15) is 0 Å². The highest BCUT2D eigenvalue weighted by Crippen LogP contribution is 2.19. The fourth-order valence-corrected chi connectivity index (χ4v) is 3.36. The standard InChI is InChI=1S/C16H22N2O4S/c1-11(16(21)22)15(20)18-8-5-12(6-9-18)14(19)17-7-4-13-3-2-10-23-13/h2-3,10-12H,4-9H2,1H3,(H,17,19)(H,21,22). The summed E-state index contributed by atoms with van der Waals surface area (Å²) in [6.45, 7) is 2.90. The van der Waals surface area contributed by atoms with E-state index in [4.69, 9.17) is 5.11 Å². The van der Waals surface area contributed by atoms with Gasteiger partial charge in [-0.15, -0.1) is 11.3 Å². The molecule has 0 radical (unpaired) electrons. The van der Waals surface area contributed by atoms with E-state index in [0.29, 0.717) is 32.5 Å². The molecule has 1 aliphatic heterocycles. The van der Waals surface area contributed by atoms with Crippen LogP contribution in [0.3, 0.4) is 0 Å². The predicted molar refractivity (Wildman–Crippen MR) is 87.1 cm³/mol. The Bertz CT molecular complexity index is 550. The molecular formula is C16H22N2O4S. The Labute approximate surface area is 139 Å². The summed E-state index contributed by atoms with van der Waals surface area (Å²) in [6, 6.07) is 4.04. The molecule has 1 unspecified atom stereocenters. The zero-order valence-electron chi connectivity index (χ0n) is 13.2. The van der Waals surface area contributed by atoms with E-state index in [-0.39, 0.29) is 17.7 Å². The molecule has 2 amide bonds. The van der Waals surface area contributed by atoms with Gasteiger partial charge >= 0.3 is 5.97 Å². The van der Waals surface area contributed by atoms with Gasteiger partial charge in [0, 0.05) is 30.4 Å². The van der Waals surface area contributed by atoms with Gasteiger partial charge < -0.3 is 15.3 Å². The van der Waals surface area contributed by atoms with Crippen molar-refractivity contribution in [1.29, 1.82) is 0 Å². The number of thiophene rings is 1. The number of hydrogen-bond donors (Lipinski definition) is 2. The average Bonchev–Trinajstić information content (AvgIpc) is 3.06. The Hall–Kier alpha value is -1.89. The Morgan fingerprint density at radius 3 is 2.65 bits per heavy atom. The summed E-state index contributed by atoms with van der Waals surface area (Å²) in [4.78, 5) is 37.8. The molecule has 126 valence electrons. The Morgan fingerprint density at radius 1 is 1.39 bits per heavy atom. The normalized spacial score (nSPS) is 16.8. The van der Waals surface area contributed by atoms with Crippen LogP contribution >= 0.6 is 11.3 Å². The highest BCUT2D eigenvalue weighted by molar-refractivity contribution is 7.09. The van der Waals surface area contributed by atoms with Crippen LogP contribution in [0.25, 0.3) is 0 Å². The quantitative estimate of drug-likeness (QED) is 0.767. The first-order chi connectivity index (χ1) is 11.0. The molecule has 1 fully saturated rings. The molecule has 0 bridgehead atoms. The first-order valence-corrected chi connectivity index (χ1v) is 8.68. The van der Waals surface area contributed by atoms with E-state index in [1.54, 1.807) is 16.2 Å². The molecule has 1 aromatic rings. The molecule has 2 rings (SSSR count). The smallest absolute Gasteiger partial charge is 0.315 e. The van der Waals surface area contributed by atoms with Crippen molar-refractivity contribution in [1.82, 2.24) is 10.2 Å². The van der Waals surface area contributed by atoms with Crippen LogP contribution in [0.1, 0.15) is 24.6 Å². The molecule has 23 heavy (non-hydrogen) atoms. The maximum atomic E-state index is 12.1. The lowest BCUT2D eigenvalue weighted by atomic mass is 9.95. The van der Waals surface area contributed by atoms with Crippen LogP contribution in [0.2, 0.25) is 0 Å². The average molecular weight is 338 g/mol. The van der Waals surface area contributed by atoms with Gasteiger partial charge in [0.25, 0.3) is 0 Å². The Kier molecular flexibility index (Phi) is 6.15. The fourth-order valence-electron chi connectivity index (χ4n) is 2.65. The molecule has 1 aromatic heterocycles. The van der Waals surface area contributed by atoms with Crippen molar-refractivity contribution in [3.05, 3.63) is 22.4 Å². The Morgan fingerprint density at radius 2 is 2.09 bits per heavy atom. The number of hydrogen-bond acceptors (Lipinski definition) is 4. The van der Waals surface area contributed by atoms with Crippen molar-refractivity contribution in [2.24, 2.45) is 11.8 Å². The number of nitrogens with one attached hydrogen (secondary N) is 1. The lowest BCUT2D eigenvalue weighted by Gasteiger charge is -2.32. The zero-order chi connectivity index (χ0) is 16.8. The number of nitrogens with zero attached hydrogens (tertiary/aromatic N) is 1. The van der Waals surface area contributed by atoms with Crippen LogP contribution in [-0.4, -0.2) is 47.4 Å². The summed E-state index contributed by atoms with van der Waals surface area (Å²) in [5.41, 5.74) is 0. The molecule has 0 aromatic carbocycles. The van der Waals surface area contributed by atoms with Crippen molar-refractivity contribution in [2.45, 2.75) is 26.2 Å². The first kappa shape index (κ1) is 17.5. The highest BCUT2D eigenvalue weighted by atomic mass is 32.1. The third-order valence-corrected chi connectivity index (χ3v) is 5.11. The van der Waals surface area contributed by atoms with Crippen LogP contribution in [0.5, 0.6) is 0 Å². The second-order valence-electron chi connectivity index (χ2n) is 5.78. The van der Waals surface area contributed by atoms with Crippen LogP contribution in [0.4, 0.5) is 0 Å². The summed E-state index contributed by atoms with van der Waals surface area (Å²) >= 11 is 1.68. The van der Waals surface area contributed by atoms with Crippen LogP contribution in [0, 0.1) is 11.8 Å². The van der Waals surface area contributed by atoms with E-state index in [1.807, 2.05) is 17.5 Å². The van der Waals surface area contributed by atoms with Crippen molar-refractivity contribution >= 4 is 29.1 Å². The number of carbonyl (C=O) groups is 3. The van der Waals surface area contributed by atoms with Crippen molar-refractivity contribution in [3.63, 3.8) is 0 Å². The number of amides is 2. The van der Waals surface area contributed by atoms with E-state index in [1.165, 1.54) is 11.8 Å². The minimum Gasteiger partial charge on any atom is -0.481 e. The molecule has 0 saturated carbocycles. The summed E-state index contributed by atoms with van der Waals surface area (Å²) in [6.07, 6.45) is 2.00. The number of piperidine rings is 1.